The Morgan fingerprint density at radius 3 is 2.48 bits per heavy atom. The Bertz CT molecular complexity index is 490. The predicted octanol–water partition coefficient (Wildman–Crippen LogP) is 3.39. The summed E-state index contributed by atoms with van der Waals surface area (Å²) in [6.45, 7) is 5.19. The van der Waals surface area contributed by atoms with Crippen molar-refractivity contribution in [1.29, 1.82) is 0 Å². The van der Waals surface area contributed by atoms with E-state index >= 15 is 0 Å². The van der Waals surface area contributed by atoms with Crippen LogP contribution in [0.5, 0.6) is 5.75 Å². The van der Waals surface area contributed by atoms with E-state index in [2.05, 4.69) is 0 Å². The standard InChI is InChI=1S/C14H18F3NO2S/c1-9(2)8-19-5-6-20-12-4-3-10(14(15,16)17)7-11(12)13(18)21/h3-4,7,9H,5-6,8H2,1-2H3,(H2,18,21). The molecule has 118 valence electrons. The number of benzene rings is 1. The van der Waals surface area contributed by atoms with Gasteiger partial charge in [-0.2, -0.15) is 13.2 Å². The smallest absolute Gasteiger partial charge is 0.416 e. The number of hydrogen-bond donors (Lipinski definition) is 1. The summed E-state index contributed by atoms with van der Waals surface area (Å²) >= 11 is 4.77. The monoisotopic (exact) mass is 321 g/mol. The van der Waals surface area contributed by atoms with E-state index in [0.717, 1.165) is 12.1 Å². The molecule has 0 saturated heterocycles. The molecule has 2 N–H and O–H groups in total. The third-order valence-corrected chi connectivity index (χ3v) is 2.73. The summed E-state index contributed by atoms with van der Waals surface area (Å²) in [6, 6.07) is 3.05. The number of thiocarbonyl (C=S) groups is 1. The van der Waals surface area contributed by atoms with Crippen molar-refractivity contribution in [3.8, 4) is 5.75 Å². The molecule has 0 unspecified atom stereocenters. The van der Waals surface area contributed by atoms with Crippen LogP contribution in [0.4, 0.5) is 13.2 Å². The van der Waals surface area contributed by atoms with Gasteiger partial charge in [0.25, 0.3) is 0 Å². The van der Waals surface area contributed by atoms with E-state index < -0.39 is 11.7 Å². The van der Waals surface area contributed by atoms with Crippen molar-refractivity contribution in [2.24, 2.45) is 11.7 Å². The molecule has 0 saturated carbocycles. The third kappa shape index (κ3) is 5.89. The van der Waals surface area contributed by atoms with Gasteiger partial charge in [-0.25, -0.2) is 0 Å². The van der Waals surface area contributed by atoms with E-state index in [0.29, 0.717) is 19.1 Å². The van der Waals surface area contributed by atoms with Crippen molar-refractivity contribution >= 4 is 17.2 Å². The molecule has 21 heavy (non-hydrogen) atoms. The average Bonchev–Trinajstić information content (AvgIpc) is 2.36. The van der Waals surface area contributed by atoms with Gasteiger partial charge in [-0.15, -0.1) is 0 Å². The summed E-state index contributed by atoms with van der Waals surface area (Å²) in [5.74, 6) is 0.631. The van der Waals surface area contributed by atoms with Gasteiger partial charge < -0.3 is 15.2 Å². The molecule has 1 rings (SSSR count). The van der Waals surface area contributed by atoms with Crippen molar-refractivity contribution in [2.75, 3.05) is 19.8 Å². The number of ether oxygens (including phenoxy) is 2. The Kier molecular flexibility index (Phi) is 6.42. The van der Waals surface area contributed by atoms with Crippen LogP contribution in [0, 0.1) is 5.92 Å². The highest BCUT2D eigenvalue weighted by Crippen LogP contribution is 2.32. The summed E-state index contributed by atoms with van der Waals surface area (Å²) < 4.78 is 48.7. The SMILES string of the molecule is CC(C)COCCOc1ccc(C(F)(F)F)cc1C(N)=S. The van der Waals surface area contributed by atoms with Crippen LogP contribution in [-0.4, -0.2) is 24.8 Å². The molecule has 0 aliphatic carbocycles. The largest absolute Gasteiger partial charge is 0.490 e. The lowest BCUT2D eigenvalue weighted by Crippen LogP contribution is -2.16. The number of halogens is 3. The molecule has 1 aromatic carbocycles. The number of hydrogen-bond acceptors (Lipinski definition) is 3. The predicted molar refractivity (Wildman–Crippen MR) is 78.5 cm³/mol. The fourth-order valence-electron chi connectivity index (χ4n) is 1.55. The highest BCUT2D eigenvalue weighted by molar-refractivity contribution is 7.80. The van der Waals surface area contributed by atoms with Gasteiger partial charge in [0.15, 0.2) is 0 Å². The minimum Gasteiger partial charge on any atom is -0.490 e. The van der Waals surface area contributed by atoms with E-state index in [4.69, 9.17) is 27.4 Å². The highest BCUT2D eigenvalue weighted by Gasteiger charge is 2.31. The minimum atomic E-state index is -4.45. The van der Waals surface area contributed by atoms with Crippen molar-refractivity contribution in [1.82, 2.24) is 0 Å². The second-order valence-electron chi connectivity index (χ2n) is 4.89. The van der Waals surface area contributed by atoms with Gasteiger partial charge >= 0.3 is 6.18 Å². The summed E-state index contributed by atoms with van der Waals surface area (Å²) in [4.78, 5) is -0.140. The first kappa shape index (κ1) is 17.7. The van der Waals surface area contributed by atoms with Gasteiger partial charge in [0, 0.05) is 6.61 Å². The minimum absolute atomic E-state index is 0.0729. The van der Waals surface area contributed by atoms with Gasteiger partial charge in [-0.05, 0) is 24.1 Å². The molecule has 7 heteroatoms. The van der Waals surface area contributed by atoms with Crippen molar-refractivity contribution in [3.63, 3.8) is 0 Å². The Hall–Kier alpha value is -1.34. The van der Waals surface area contributed by atoms with Crippen LogP contribution in [0.3, 0.4) is 0 Å². The Morgan fingerprint density at radius 1 is 1.29 bits per heavy atom. The zero-order valence-electron chi connectivity index (χ0n) is 11.9. The second-order valence-corrected chi connectivity index (χ2v) is 5.33. The van der Waals surface area contributed by atoms with E-state index in [9.17, 15) is 13.2 Å². The van der Waals surface area contributed by atoms with Crippen molar-refractivity contribution in [2.45, 2.75) is 20.0 Å². The molecule has 0 fully saturated rings. The van der Waals surface area contributed by atoms with Gasteiger partial charge in [0.2, 0.25) is 0 Å². The summed E-state index contributed by atoms with van der Waals surface area (Å²) in [7, 11) is 0. The molecule has 0 amide bonds. The first-order valence-electron chi connectivity index (χ1n) is 6.43. The highest BCUT2D eigenvalue weighted by atomic mass is 32.1. The normalized spacial score (nSPS) is 11.7. The summed E-state index contributed by atoms with van der Waals surface area (Å²) in [5.41, 5.74) is 4.71. The van der Waals surface area contributed by atoms with Gasteiger partial charge in [0.05, 0.1) is 17.7 Å². The molecule has 0 atom stereocenters. The molecular weight excluding hydrogens is 303 g/mol. The lowest BCUT2D eigenvalue weighted by atomic mass is 10.1. The molecule has 0 aliphatic rings. The fraction of sp³-hybridized carbons (Fsp3) is 0.500. The van der Waals surface area contributed by atoms with Crippen molar-refractivity contribution in [3.05, 3.63) is 29.3 Å². The van der Waals surface area contributed by atoms with Crippen LogP contribution in [0.15, 0.2) is 18.2 Å². The quantitative estimate of drug-likeness (QED) is 0.617. The zero-order chi connectivity index (χ0) is 16.0. The van der Waals surface area contributed by atoms with Crippen molar-refractivity contribution < 1.29 is 22.6 Å². The van der Waals surface area contributed by atoms with Crippen LogP contribution in [-0.2, 0) is 10.9 Å². The summed E-state index contributed by atoms with van der Waals surface area (Å²) in [5, 5.41) is 0. The fourth-order valence-corrected chi connectivity index (χ4v) is 1.71. The number of alkyl halides is 3. The Labute approximate surface area is 127 Å². The maximum atomic E-state index is 12.6. The lowest BCUT2D eigenvalue weighted by molar-refractivity contribution is -0.137. The molecule has 0 aliphatic heterocycles. The van der Waals surface area contributed by atoms with Crippen LogP contribution >= 0.6 is 12.2 Å². The molecule has 0 bridgehead atoms. The first-order chi connectivity index (χ1) is 9.71. The first-order valence-corrected chi connectivity index (χ1v) is 6.84. The average molecular weight is 321 g/mol. The number of nitrogens with two attached hydrogens (primary N) is 1. The van der Waals surface area contributed by atoms with Crippen LogP contribution < -0.4 is 10.5 Å². The van der Waals surface area contributed by atoms with Crippen LogP contribution in [0.2, 0.25) is 0 Å². The maximum absolute atomic E-state index is 12.6. The molecular formula is C14H18F3NO2S. The lowest BCUT2D eigenvalue weighted by Gasteiger charge is -2.14. The van der Waals surface area contributed by atoms with E-state index in [-0.39, 0.29) is 22.9 Å². The molecule has 0 radical (unpaired) electrons. The third-order valence-electron chi connectivity index (χ3n) is 2.51. The topological polar surface area (TPSA) is 44.5 Å². The number of rotatable bonds is 7. The molecule has 0 aromatic heterocycles. The van der Waals surface area contributed by atoms with Gasteiger partial charge in [-0.3, -0.25) is 0 Å². The van der Waals surface area contributed by atoms with E-state index in [1.807, 2.05) is 13.8 Å². The van der Waals surface area contributed by atoms with Gasteiger partial charge in [-0.1, -0.05) is 26.1 Å². The van der Waals surface area contributed by atoms with E-state index in [1.54, 1.807) is 0 Å². The molecule has 3 nitrogen and oxygen atoms in total. The summed E-state index contributed by atoms with van der Waals surface area (Å²) in [6.07, 6.45) is -4.45. The van der Waals surface area contributed by atoms with Crippen LogP contribution in [0.1, 0.15) is 25.0 Å². The molecule has 1 aromatic rings. The Balaban J connectivity index is 2.72. The van der Waals surface area contributed by atoms with E-state index in [1.165, 1.54) is 6.07 Å². The van der Waals surface area contributed by atoms with Gasteiger partial charge in [0.1, 0.15) is 17.3 Å². The molecule has 0 spiro atoms. The Morgan fingerprint density at radius 2 is 1.95 bits per heavy atom. The molecule has 0 heterocycles. The second kappa shape index (κ2) is 7.61. The maximum Gasteiger partial charge on any atom is 0.416 e. The zero-order valence-corrected chi connectivity index (χ0v) is 12.7. The van der Waals surface area contributed by atoms with Crippen LogP contribution in [0.25, 0.3) is 0 Å².